The second-order valence-electron chi connectivity index (χ2n) is 7.24. The van der Waals surface area contributed by atoms with E-state index in [0.29, 0.717) is 6.04 Å². The zero-order valence-electron chi connectivity index (χ0n) is 15.8. The number of rotatable bonds is 5. The summed E-state index contributed by atoms with van der Waals surface area (Å²) in [6.45, 7) is 0. The largest absolute Gasteiger partial charge is 0.484 e. The van der Waals surface area contributed by atoms with Crippen molar-refractivity contribution in [2.24, 2.45) is 0 Å². The van der Waals surface area contributed by atoms with Crippen LogP contribution in [0.1, 0.15) is 28.4 Å². The van der Waals surface area contributed by atoms with Gasteiger partial charge in [-0.15, -0.1) is 12.4 Å². The van der Waals surface area contributed by atoms with E-state index in [1.54, 1.807) is 0 Å². The van der Waals surface area contributed by atoms with Crippen molar-refractivity contribution in [3.05, 3.63) is 101 Å². The molecular weight excluding hydrogens is 354 g/mol. The third kappa shape index (κ3) is 4.18. The van der Waals surface area contributed by atoms with Crippen LogP contribution in [0.25, 0.3) is 0 Å². The fourth-order valence-electron chi connectivity index (χ4n) is 3.85. The van der Waals surface area contributed by atoms with Gasteiger partial charge in [0.15, 0.2) is 0 Å². The molecule has 0 bridgehead atoms. The van der Waals surface area contributed by atoms with Crippen LogP contribution in [-0.4, -0.2) is 25.0 Å². The normalized spacial score (nSPS) is 18.0. The van der Waals surface area contributed by atoms with Crippen LogP contribution in [0.2, 0.25) is 0 Å². The van der Waals surface area contributed by atoms with Gasteiger partial charge in [0.25, 0.3) is 0 Å². The number of halogens is 1. The smallest absolute Gasteiger partial charge is 0.140 e. The van der Waals surface area contributed by atoms with E-state index in [1.165, 1.54) is 22.3 Å². The highest BCUT2D eigenvalue weighted by atomic mass is 35.5. The predicted octanol–water partition coefficient (Wildman–Crippen LogP) is 5.31. The van der Waals surface area contributed by atoms with Crippen molar-refractivity contribution in [2.45, 2.75) is 25.0 Å². The third-order valence-corrected chi connectivity index (χ3v) is 5.27. The fraction of sp³-hybridized carbons (Fsp3) is 0.250. The Hall–Kier alpha value is -2.29. The molecule has 27 heavy (non-hydrogen) atoms. The molecule has 1 aliphatic carbocycles. The summed E-state index contributed by atoms with van der Waals surface area (Å²) in [5.74, 6) is 0.991. The topological polar surface area (TPSA) is 12.5 Å². The molecule has 0 spiro atoms. The van der Waals surface area contributed by atoms with Crippen molar-refractivity contribution >= 4 is 12.4 Å². The van der Waals surface area contributed by atoms with Crippen molar-refractivity contribution in [2.75, 3.05) is 14.1 Å². The van der Waals surface area contributed by atoms with Gasteiger partial charge in [-0.3, -0.25) is 0 Å². The van der Waals surface area contributed by atoms with Gasteiger partial charge in [0, 0.05) is 6.42 Å². The SMILES string of the molecule is CN(C)[C@H]1Cc2ccccc2[C@H]1Oc1ccccc1Cc1ccccc1.Cl. The van der Waals surface area contributed by atoms with Gasteiger partial charge in [0.05, 0.1) is 6.04 Å². The highest BCUT2D eigenvalue weighted by molar-refractivity contribution is 5.85. The Bertz CT molecular complexity index is 878. The molecule has 140 valence electrons. The van der Waals surface area contributed by atoms with E-state index < -0.39 is 0 Å². The summed E-state index contributed by atoms with van der Waals surface area (Å²) in [5, 5.41) is 0. The van der Waals surface area contributed by atoms with Crippen molar-refractivity contribution < 1.29 is 4.74 Å². The molecule has 3 heteroatoms. The maximum absolute atomic E-state index is 6.64. The van der Waals surface area contributed by atoms with E-state index in [0.717, 1.165) is 18.6 Å². The Balaban J connectivity index is 0.00000210. The molecule has 0 aromatic heterocycles. The Morgan fingerprint density at radius 3 is 2.30 bits per heavy atom. The standard InChI is InChI=1S/C24H25NO.ClH/c1-25(2)22-17-19-12-6-8-14-21(19)24(22)26-23-15-9-7-13-20(23)16-18-10-4-3-5-11-18;/h3-15,22,24H,16-17H2,1-2H3;1H/t22-,24+;/m0./s1. The lowest BCUT2D eigenvalue weighted by Crippen LogP contribution is -2.34. The molecule has 0 aliphatic heterocycles. The van der Waals surface area contributed by atoms with Crippen LogP contribution in [0.3, 0.4) is 0 Å². The summed E-state index contributed by atoms with van der Waals surface area (Å²) >= 11 is 0. The molecule has 2 nitrogen and oxygen atoms in total. The molecule has 4 rings (SSSR count). The maximum Gasteiger partial charge on any atom is 0.140 e. The van der Waals surface area contributed by atoms with Crippen LogP contribution >= 0.6 is 12.4 Å². The molecule has 0 radical (unpaired) electrons. The Morgan fingerprint density at radius 1 is 0.852 bits per heavy atom. The lowest BCUT2D eigenvalue weighted by atomic mass is 10.0. The van der Waals surface area contributed by atoms with Gasteiger partial charge in [-0.25, -0.2) is 0 Å². The maximum atomic E-state index is 6.64. The lowest BCUT2D eigenvalue weighted by Gasteiger charge is -2.28. The van der Waals surface area contributed by atoms with Crippen LogP contribution in [0, 0.1) is 0 Å². The summed E-state index contributed by atoms with van der Waals surface area (Å²) in [5.41, 5.74) is 5.26. The average molecular weight is 380 g/mol. The molecule has 0 amide bonds. The molecule has 0 fully saturated rings. The summed E-state index contributed by atoms with van der Waals surface area (Å²) in [6.07, 6.45) is 1.99. The number of benzene rings is 3. The highest BCUT2D eigenvalue weighted by Gasteiger charge is 2.35. The van der Waals surface area contributed by atoms with E-state index in [1.807, 2.05) is 0 Å². The first-order chi connectivity index (χ1) is 12.7. The number of nitrogens with zero attached hydrogens (tertiary/aromatic N) is 1. The zero-order chi connectivity index (χ0) is 17.9. The monoisotopic (exact) mass is 379 g/mol. The van der Waals surface area contributed by atoms with E-state index >= 15 is 0 Å². The number of likely N-dealkylation sites (N-methyl/N-ethyl adjacent to an activating group) is 1. The van der Waals surface area contributed by atoms with Gasteiger partial charge in [-0.2, -0.15) is 0 Å². The van der Waals surface area contributed by atoms with Gasteiger partial charge in [-0.05, 0) is 48.8 Å². The van der Waals surface area contributed by atoms with Gasteiger partial charge in [0.2, 0.25) is 0 Å². The molecular formula is C24H26ClNO. The minimum Gasteiger partial charge on any atom is -0.484 e. The second kappa shape index (κ2) is 8.60. The van der Waals surface area contributed by atoms with Gasteiger partial charge < -0.3 is 9.64 Å². The van der Waals surface area contributed by atoms with E-state index in [9.17, 15) is 0 Å². The third-order valence-electron chi connectivity index (χ3n) is 5.27. The molecule has 2 atom stereocenters. The first-order valence-electron chi connectivity index (χ1n) is 9.25. The van der Waals surface area contributed by atoms with E-state index in [4.69, 9.17) is 4.74 Å². The van der Waals surface area contributed by atoms with E-state index in [2.05, 4.69) is 97.9 Å². The van der Waals surface area contributed by atoms with Crippen LogP contribution in [0.5, 0.6) is 5.75 Å². The Kier molecular flexibility index (Phi) is 6.20. The zero-order valence-corrected chi connectivity index (χ0v) is 16.7. The Labute approximate surface area is 168 Å². The molecule has 0 heterocycles. The predicted molar refractivity (Wildman–Crippen MR) is 114 cm³/mol. The van der Waals surface area contributed by atoms with Crippen molar-refractivity contribution in [1.29, 1.82) is 0 Å². The van der Waals surface area contributed by atoms with Crippen molar-refractivity contribution in [1.82, 2.24) is 4.90 Å². The number of para-hydroxylation sites is 1. The number of ether oxygens (including phenoxy) is 1. The summed E-state index contributed by atoms with van der Waals surface area (Å²) in [7, 11) is 4.28. The summed E-state index contributed by atoms with van der Waals surface area (Å²) in [4.78, 5) is 2.28. The average Bonchev–Trinajstić information content (AvgIpc) is 3.03. The quantitative estimate of drug-likeness (QED) is 0.596. The van der Waals surface area contributed by atoms with E-state index in [-0.39, 0.29) is 18.5 Å². The minimum atomic E-state index is 0. The van der Waals surface area contributed by atoms with Gasteiger partial charge in [0.1, 0.15) is 11.9 Å². The molecule has 0 saturated carbocycles. The van der Waals surface area contributed by atoms with Gasteiger partial charge >= 0.3 is 0 Å². The van der Waals surface area contributed by atoms with Crippen LogP contribution in [0.4, 0.5) is 0 Å². The summed E-state index contributed by atoms with van der Waals surface area (Å²) < 4.78 is 6.64. The minimum absolute atomic E-state index is 0. The molecule has 0 saturated heterocycles. The molecule has 3 aromatic rings. The van der Waals surface area contributed by atoms with Crippen molar-refractivity contribution in [3.63, 3.8) is 0 Å². The number of fused-ring (bicyclic) bond motifs is 1. The second-order valence-corrected chi connectivity index (χ2v) is 7.24. The van der Waals surface area contributed by atoms with Gasteiger partial charge in [-0.1, -0.05) is 72.8 Å². The number of hydrogen-bond acceptors (Lipinski definition) is 2. The first kappa shape index (κ1) is 19.5. The first-order valence-corrected chi connectivity index (χ1v) is 9.25. The van der Waals surface area contributed by atoms with Crippen LogP contribution in [0.15, 0.2) is 78.9 Å². The molecule has 3 aromatic carbocycles. The molecule has 0 N–H and O–H groups in total. The van der Waals surface area contributed by atoms with Crippen LogP contribution in [-0.2, 0) is 12.8 Å². The molecule has 0 unspecified atom stereocenters. The van der Waals surface area contributed by atoms with Crippen LogP contribution < -0.4 is 4.74 Å². The Morgan fingerprint density at radius 2 is 1.52 bits per heavy atom. The highest BCUT2D eigenvalue weighted by Crippen LogP contribution is 2.38. The lowest BCUT2D eigenvalue weighted by molar-refractivity contribution is 0.110. The molecule has 1 aliphatic rings. The van der Waals surface area contributed by atoms with Crippen molar-refractivity contribution in [3.8, 4) is 5.75 Å². The number of hydrogen-bond donors (Lipinski definition) is 0. The summed E-state index contributed by atoms with van der Waals surface area (Å²) in [6, 6.07) is 28.1. The fourth-order valence-corrected chi connectivity index (χ4v) is 3.85.